The highest BCUT2D eigenvalue weighted by atomic mass is 16.5. The second-order valence-corrected chi connectivity index (χ2v) is 15.4. The highest BCUT2D eigenvalue weighted by Gasteiger charge is 2.72. The average molecular weight is 441 g/mol. The third-order valence-corrected chi connectivity index (χ3v) is 13.9. The molecule has 0 unspecified atom stereocenters. The summed E-state index contributed by atoms with van der Waals surface area (Å²) >= 11 is 0. The minimum absolute atomic E-state index is 0.136. The first kappa shape index (κ1) is 22.1. The van der Waals surface area contributed by atoms with E-state index in [9.17, 15) is 4.79 Å². The Hall–Kier alpha value is -0.370. The van der Waals surface area contributed by atoms with Crippen molar-refractivity contribution >= 4 is 5.78 Å². The molecule has 0 spiro atoms. The Morgan fingerprint density at radius 1 is 0.750 bits per heavy atom. The topological polar surface area (TPSA) is 26.3 Å². The lowest BCUT2D eigenvalue weighted by molar-refractivity contribution is -0.239. The molecule has 6 rings (SSSR count). The predicted molar refractivity (Wildman–Crippen MR) is 129 cm³/mol. The minimum Gasteiger partial charge on any atom is -0.377 e. The van der Waals surface area contributed by atoms with E-state index >= 15 is 0 Å². The summed E-state index contributed by atoms with van der Waals surface area (Å²) in [6.07, 6.45) is 13.3. The van der Waals surface area contributed by atoms with Gasteiger partial charge in [-0.2, -0.15) is 0 Å². The summed E-state index contributed by atoms with van der Waals surface area (Å²) in [4.78, 5) is 12.9. The largest absolute Gasteiger partial charge is 0.377 e. The number of carbonyl (C=O) groups excluding carboxylic acids is 1. The molecule has 0 aromatic carbocycles. The van der Waals surface area contributed by atoms with E-state index in [4.69, 9.17) is 4.74 Å². The van der Waals surface area contributed by atoms with Crippen LogP contribution >= 0.6 is 0 Å². The number of hydrogen-bond acceptors (Lipinski definition) is 2. The molecule has 32 heavy (non-hydrogen) atoms. The molecular weight excluding hydrogens is 392 g/mol. The first-order chi connectivity index (χ1) is 14.8. The second-order valence-electron chi connectivity index (χ2n) is 15.4. The van der Waals surface area contributed by atoms with Crippen molar-refractivity contribution in [3.63, 3.8) is 0 Å². The Bertz CT molecular complexity index is 842. The van der Waals surface area contributed by atoms with Crippen LogP contribution in [0, 0.1) is 56.2 Å². The number of ketones is 1. The van der Waals surface area contributed by atoms with Crippen LogP contribution in [-0.4, -0.2) is 18.5 Å². The summed E-state index contributed by atoms with van der Waals surface area (Å²) in [5.74, 6) is 3.46. The van der Waals surface area contributed by atoms with Gasteiger partial charge in [-0.05, 0) is 109 Å². The fourth-order valence-corrected chi connectivity index (χ4v) is 11.8. The van der Waals surface area contributed by atoms with Crippen molar-refractivity contribution in [3.8, 4) is 0 Å². The number of rotatable bonds is 0. The summed E-state index contributed by atoms with van der Waals surface area (Å²) in [5.41, 5.74) is 1.83. The third kappa shape index (κ3) is 2.35. The molecule has 180 valence electrons. The van der Waals surface area contributed by atoms with Gasteiger partial charge in [0.2, 0.25) is 0 Å². The molecule has 6 fully saturated rings. The van der Waals surface area contributed by atoms with E-state index in [-0.39, 0.29) is 5.41 Å². The van der Waals surface area contributed by atoms with Gasteiger partial charge in [-0.15, -0.1) is 0 Å². The van der Waals surface area contributed by atoms with Crippen molar-refractivity contribution in [2.45, 2.75) is 119 Å². The zero-order chi connectivity index (χ0) is 22.9. The lowest BCUT2D eigenvalue weighted by Gasteiger charge is -2.72. The van der Waals surface area contributed by atoms with E-state index in [1.807, 2.05) is 0 Å². The molecule has 9 atom stereocenters. The molecule has 1 aliphatic heterocycles. The maximum Gasteiger partial charge on any atom is 0.138 e. The SMILES string of the molecule is CC1(C)CC[C@]23CC[C@]4(C)[C@H](CC[C@@H]5[C@@]6(C)CCC(=O)C(C)(C)[C@@H]6CC[C@]54C)[C@@H]2[C@@H]1OC3. The summed E-state index contributed by atoms with van der Waals surface area (Å²) < 4.78 is 6.70. The molecule has 1 heterocycles. The first-order valence-corrected chi connectivity index (χ1v) is 14.0. The summed E-state index contributed by atoms with van der Waals surface area (Å²) in [5, 5.41) is 0. The highest BCUT2D eigenvalue weighted by molar-refractivity contribution is 5.85. The quantitative estimate of drug-likeness (QED) is 0.391. The predicted octanol–water partition coefficient (Wildman–Crippen LogP) is 7.45. The van der Waals surface area contributed by atoms with Crippen molar-refractivity contribution < 1.29 is 9.53 Å². The van der Waals surface area contributed by atoms with Gasteiger partial charge in [0.1, 0.15) is 5.78 Å². The molecule has 0 radical (unpaired) electrons. The van der Waals surface area contributed by atoms with Gasteiger partial charge in [-0.25, -0.2) is 0 Å². The van der Waals surface area contributed by atoms with Crippen molar-refractivity contribution in [2.75, 3.05) is 6.61 Å². The van der Waals surface area contributed by atoms with Gasteiger partial charge in [0.05, 0.1) is 12.7 Å². The Morgan fingerprint density at radius 3 is 2.22 bits per heavy atom. The van der Waals surface area contributed by atoms with Crippen LogP contribution < -0.4 is 0 Å². The fourth-order valence-electron chi connectivity index (χ4n) is 11.8. The Kier molecular flexibility index (Phi) is 4.31. The first-order valence-electron chi connectivity index (χ1n) is 14.0. The molecule has 0 aromatic heterocycles. The van der Waals surface area contributed by atoms with Crippen molar-refractivity contribution in [1.29, 1.82) is 0 Å². The van der Waals surface area contributed by atoms with Gasteiger partial charge in [0, 0.05) is 11.8 Å². The van der Waals surface area contributed by atoms with Crippen LogP contribution in [0.15, 0.2) is 0 Å². The molecule has 2 heteroatoms. The third-order valence-electron chi connectivity index (χ3n) is 13.9. The van der Waals surface area contributed by atoms with E-state index in [0.29, 0.717) is 44.9 Å². The van der Waals surface area contributed by atoms with Gasteiger partial charge in [-0.1, -0.05) is 48.5 Å². The van der Waals surface area contributed by atoms with E-state index in [1.54, 1.807) is 0 Å². The molecular formula is C30H48O2. The van der Waals surface area contributed by atoms with Crippen LogP contribution in [0.25, 0.3) is 0 Å². The maximum absolute atomic E-state index is 12.9. The van der Waals surface area contributed by atoms with Crippen LogP contribution in [0.1, 0.15) is 113 Å². The van der Waals surface area contributed by atoms with E-state index in [1.165, 1.54) is 51.4 Å². The second kappa shape index (κ2) is 6.24. The van der Waals surface area contributed by atoms with Crippen molar-refractivity contribution in [3.05, 3.63) is 0 Å². The molecule has 5 saturated carbocycles. The number of carbonyl (C=O) groups is 1. The minimum atomic E-state index is -0.136. The highest BCUT2D eigenvalue weighted by Crippen LogP contribution is 2.77. The summed E-state index contributed by atoms with van der Waals surface area (Å²) in [6, 6.07) is 0. The number of Topliss-reactive ketones (excluding diaryl/α,β-unsaturated/α-hetero) is 1. The summed E-state index contributed by atoms with van der Waals surface area (Å²) in [7, 11) is 0. The van der Waals surface area contributed by atoms with E-state index < -0.39 is 0 Å². The van der Waals surface area contributed by atoms with Crippen LogP contribution in [0.2, 0.25) is 0 Å². The maximum atomic E-state index is 12.9. The van der Waals surface area contributed by atoms with Gasteiger partial charge in [-0.3, -0.25) is 4.79 Å². The van der Waals surface area contributed by atoms with Crippen LogP contribution in [0.4, 0.5) is 0 Å². The number of hydrogen-bond donors (Lipinski definition) is 0. The van der Waals surface area contributed by atoms with Crippen LogP contribution in [0.3, 0.4) is 0 Å². The number of ether oxygens (including phenoxy) is 1. The number of fused-ring (bicyclic) bond motifs is 5. The lowest BCUT2D eigenvalue weighted by atomic mass is 9.31. The smallest absolute Gasteiger partial charge is 0.138 e. The molecule has 1 saturated heterocycles. The molecule has 2 bridgehead atoms. The average Bonchev–Trinajstić information content (AvgIpc) is 3.05. The van der Waals surface area contributed by atoms with Crippen LogP contribution in [-0.2, 0) is 9.53 Å². The molecule has 6 aliphatic rings. The Balaban J connectivity index is 1.40. The van der Waals surface area contributed by atoms with E-state index in [0.717, 1.165) is 37.2 Å². The van der Waals surface area contributed by atoms with E-state index in [2.05, 4.69) is 48.5 Å². The molecule has 5 aliphatic carbocycles. The molecule has 0 N–H and O–H groups in total. The summed E-state index contributed by atoms with van der Waals surface area (Å²) in [6.45, 7) is 18.6. The Labute approximate surface area is 197 Å². The molecule has 0 aromatic rings. The normalized spacial score (nSPS) is 57.7. The zero-order valence-corrected chi connectivity index (χ0v) is 22.0. The fraction of sp³-hybridized carbons (Fsp3) is 0.967. The van der Waals surface area contributed by atoms with Gasteiger partial charge in [0.25, 0.3) is 0 Å². The molecule has 0 amide bonds. The van der Waals surface area contributed by atoms with Gasteiger partial charge in [0.15, 0.2) is 0 Å². The standard InChI is InChI=1S/C30H48O2/c1-25(2)14-16-30-17-15-28(6)19(23(30)24(25)32-18-30)8-9-21-27(5)12-11-22(31)26(3,4)20(27)10-13-29(21,28)7/h19-21,23-24H,8-18H2,1-7H3/t19-,20+,21-,23-,24+,27+,28-,29-,30-/m1/s1. The zero-order valence-electron chi connectivity index (χ0n) is 22.0. The Morgan fingerprint density at radius 2 is 1.47 bits per heavy atom. The van der Waals surface area contributed by atoms with Gasteiger partial charge >= 0.3 is 0 Å². The monoisotopic (exact) mass is 440 g/mol. The van der Waals surface area contributed by atoms with Gasteiger partial charge < -0.3 is 4.74 Å². The lowest BCUT2D eigenvalue weighted by Crippen LogP contribution is -2.67. The van der Waals surface area contributed by atoms with Crippen LogP contribution in [0.5, 0.6) is 0 Å². The van der Waals surface area contributed by atoms with Crippen molar-refractivity contribution in [1.82, 2.24) is 0 Å². The van der Waals surface area contributed by atoms with Crippen molar-refractivity contribution in [2.24, 2.45) is 56.2 Å². The molecule has 2 nitrogen and oxygen atoms in total.